The maximum Gasteiger partial charge on any atom is 0.243 e. The van der Waals surface area contributed by atoms with E-state index >= 15 is 0 Å². The molecule has 0 aliphatic rings. The van der Waals surface area contributed by atoms with Gasteiger partial charge in [0, 0.05) is 24.2 Å². The summed E-state index contributed by atoms with van der Waals surface area (Å²) in [5, 5.41) is 17.1. The first-order chi connectivity index (χ1) is 13.8. The Morgan fingerprint density at radius 2 is 1.86 bits per heavy atom. The lowest BCUT2D eigenvalue weighted by Gasteiger charge is -2.15. The minimum atomic E-state index is -0.273. The molecule has 4 rings (SSSR count). The van der Waals surface area contributed by atoms with E-state index in [1.807, 2.05) is 37.3 Å². The van der Waals surface area contributed by atoms with Gasteiger partial charge in [0.05, 0.1) is 0 Å². The number of benzene rings is 3. The van der Waals surface area contributed by atoms with Crippen LogP contribution in [0, 0.1) is 5.82 Å². The Morgan fingerprint density at radius 1 is 1.04 bits per heavy atom. The number of aromatic nitrogens is 4. The van der Waals surface area contributed by atoms with Crippen molar-refractivity contribution in [3.05, 3.63) is 77.6 Å². The van der Waals surface area contributed by atoms with Gasteiger partial charge in [0.1, 0.15) is 18.2 Å². The first-order valence-corrected chi connectivity index (χ1v) is 9.13. The second-order valence-electron chi connectivity index (χ2n) is 6.32. The smallest absolute Gasteiger partial charge is 0.243 e. The predicted molar refractivity (Wildman–Crippen MR) is 105 cm³/mol. The van der Waals surface area contributed by atoms with Crippen LogP contribution in [0.2, 0.25) is 0 Å². The number of aryl methyl sites for hydroxylation is 1. The van der Waals surface area contributed by atoms with Crippen LogP contribution in [0.4, 0.5) is 10.3 Å². The van der Waals surface area contributed by atoms with E-state index in [4.69, 9.17) is 4.74 Å². The summed E-state index contributed by atoms with van der Waals surface area (Å²) >= 11 is 0. The number of hydrogen-bond donors (Lipinski definition) is 1. The zero-order chi connectivity index (χ0) is 19.3. The van der Waals surface area contributed by atoms with Crippen molar-refractivity contribution in [3.8, 4) is 5.75 Å². The van der Waals surface area contributed by atoms with Crippen LogP contribution < -0.4 is 10.1 Å². The third-order valence-electron chi connectivity index (χ3n) is 4.59. The molecular formula is C21H20FN5O. The summed E-state index contributed by atoms with van der Waals surface area (Å²) in [5.74, 6) is 1.02. The molecule has 0 unspecified atom stereocenters. The Kier molecular flexibility index (Phi) is 5.14. The summed E-state index contributed by atoms with van der Waals surface area (Å²) in [5.41, 5.74) is 1.49. The topological polar surface area (TPSA) is 64.9 Å². The summed E-state index contributed by atoms with van der Waals surface area (Å²) in [7, 11) is 0. The highest BCUT2D eigenvalue weighted by atomic mass is 19.1. The zero-order valence-electron chi connectivity index (χ0n) is 15.5. The summed E-state index contributed by atoms with van der Waals surface area (Å²) in [4.78, 5) is 0. The number of rotatable bonds is 7. The van der Waals surface area contributed by atoms with Crippen molar-refractivity contribution in [3.63, 3.8) is 0 Å². The van der Waals surface area contributed by atoms with E-state index in [1.165, 1.54) is 6.07 Å². The molecule has 1 aromatic heterocycles. The fourth-order valence-electron chi connectivity index (χ4n) is 3.12. The lowest BCUT2D eigenvalue weighted by atomic mass is 10.0. The highest BCUT2D eigenvalue weighted by Crippen LogP contribution is 2.29. The van der Waals surface area contributed by atoms with Crippen molar-refractivity contribution >= 4 is 16.7 Å². The predicted octanol–water partition coefficient (Wildman–Crippen LogP) is 4.18. The van der Waals surface area contributed by atoms with Crippen molar-refractivity contribution in [1.29, 1.82) is 0 Å². The maximum atomic E-state index is 13.9. The lowest BCUT2D eigenvalue weighted by Crippen LogP contribution is -2.09. The molecule has 0 atom stereocenters. The fourth-order valence-corrected chi connectivity index (χ4v) is 3.12. The average Bonchev–Trinajstić information content (AvgIpc) is 3.19. The van der Waals surface area contributed by atoms with Crippen LogP contribution in [-0.2, 0) is 19.7 Å². The SMILES string of the molecule is CCn1nnnc1NCc1c(OCc2ccccc2F)ccc2ccccc12. The van der Waals surface area contributed by atoms with Crippen molar-refractivity contribution in [2.45, 2.75) is 26.6 Å². The van der Waals surface area contributed by atoms with Crippen molar-refractivity contribution in [2.24, 2.45) is 0 Å². The van der Waals surface area contributed by atoms with Crippen molar-refractivity contribution < 1.29 is 9.13 Å². The largest absolute Gasteiger partial charge is 0.488 e. The van der Waals surface area contributed by atoms with E-state index in [0.29, 0.717) is 30.4 Å². The van der Waals surface area contributed by atoms with Gasteiger partial charge in [-0.1, -0.05) is 53.6 Å². The molecule has 1 N–H and O–H groups in total. The third-order valence-corrected chi connectivity index (χ3v) is 4.59. The highest BCUT2D eigenvalue weighted by Gasteiger charge is 2.12. The van der Waals surface area contributed by atoms with Gasteiger partial charge in [-0.15, -0.1) is 0 Å². The van der Waals surface area contributed by atoms with E-state index in [9.17, 15) is 4.39 Å². The van der Waals surface area contributed by atoms with Crippen LogP contribution in [0.25, 0.3) is 10.8 Å². The van der Waals surface area contributed by atoms with E-state index in [0.717, 1.165) is 16.3 Å². The molecule has 6 nitrogen and oxygen atoms in total. The van der Waals surface area contributed by atoms with Gasteiger partial charge < -0.3 is 10.1 Å². The minimum Gasteiger partial charge on any atom is -0.488 e. The van der Waals surface area contributed by atoms with Gasteiger partial charge in [0.25, 0.3) is 0 Å². The van der Waals surface area contributed by atoms with Gasteiger partial charge in [-0.3, -0.25) is 0 Å². The Balaban J connectivity index is 1.64. The fraction of sp³-hybridized carbons (Fsp3) is 0.190. The highest BCUT2D eigenvalue weighted by molar-refractivity contribution is 5.88. The first-order valence-electron chi connectivity index (χ1n) is 9.13. The van der Waals surface area contributed by atoms with Crippen LogP contribution in [-0.4, -0.2) is 20.2 Å². The van der Waals surface area contributed by atoms with Crippen molar-refractivity contribution in [2.75, 3.05) is 5.32 Å². The van der Waals surface area contributed by atoms with Gasteiger partial charge in [-0.25, -0.2) is 9.07 Å². The van der Waals surface area contributed by atoms with E-state index in [-0.39, 0.29) is 12.4 Å². The molecule has 0 amide bonds. The van der Waals surface area contributed by atoms with Gasteiger partial charge in [0.15, 0.2) is 0 Å². The average molecular weight is 377 g/mol. The molecule has 0 aliphatic heterocycles. The normalized spacial score (nSPS) is 10.9. The molecule has 0 saturated heterocycles. The Hall–Kier alpha value is -3.48. The molecule has 0 radical (unpaired) electrons. The van der Waals surface area contributed by atoms with Gasteiger partial charge in [-0.2, -0.15) is 0 Å². The van der Waals surface area contributed by atoms with Crippen LogP contribution >= 0.6 is 0 Å². The van der Waals surface area contributed by atoms with Gasteiger partial charge in [0.2, 0.25) is 5.95 Å². The Bertz CT molecular complexity index is 1100. The molecule has 3 aromatic carbocycles. The Labute approximate surface area is 161 Å². The summed E-state index contributed by atoms with van der Waals surface area (Å²) in [6, 6.07) is 18.6. The van der Waals surface area contributed by atoms with Crippen molar-refractivity contribution in [1.82, 2.24) is 20.2 Å². The summed E-state index contributed by atoms with van der Waals surface area (Å²) in [6.07, 6.45) is 0. The third kappa shape index (κ3) is 3.64. The second-order valence-corrected chi connectivity index (χ2v) is 6.32. The number of hydrogen-bond acceptors (Lipinski definition) is 5. The van der Waals surface area contributed by atoms with E-state index in [2.05, 4.69) is 26.9 Å². The molecule has 28 heavy (non-hydrogen) atoms. The number of fused-ring (bicyclic) bond motifs is 1. The van der Waals surface area contributed by atoms with Crippen LogP contribution in [0.3, 0.4) is 0 Å². The number of ether oxygens (including phenoxy) is 1. The van der Waals surface area contributed by atoms with Gasteiger partial charge >= 0.3 is 0 Å². The monoisotopic (exact) mass is 377 g/mol. The van der Waals surface area contributed by atoms with E-state index in [1.54, 1.807) is 22.9 Å². The zero-order valence-corrected chi connectivity index (χ0v) is 15.5. The second kappa shape index (κ2) is 8.04. The quantitative estimate of drug-likeness (QED) is 0.523. The molecule has 0 aliphatic carbocycles. The minimum absolute atomic E-state index is 0.157. The lowest BCUT2D eigenvalue weighted by molar-refractivity contribution is 0.297. The summed E-state index contributed by atoms with van der Waals surface area (Å²) in [6.45, 7) is 3.28. The van der Waals surface area contributed by atoms with Crippen LogP contribution in [0.1, 0.15) is 18.1 Å². The Morgan fingerprint density at radius 3 is 2.71 bits per heavy atom. The van der Waals surface area contributed by atoms with E-state index < -0.39 is 0 Å². The van der Waals surface area contributed by atoms with Crippen LogP contribution in [0.5, 0.6) is 5.75 Å². The molecule has 4 aromatic rings. The molecule has 7 heteroatoms. The maximum absolute atomic E-state index is 13.9. The molecular weight excluding hydrogens is 357 g/mol. The number of nitrogens with zero attached hydrogens (tertiary/aromatic N) is 4. The molecule has 0 bridgehead atoms. The van der Waals surface area contributed by atoms with Crippen LogP contribution in [0.15, 0.2) is 60.7 Å². The number of tetrazole rings is 1. The first kappa shape index (κ1) is 17.9. The molecule has 142 valence electrons. The molecule has 0 spiro atoms. The molecule has 0 saturated carbocycles. The van der Waals surface area contributed by atoms with Gasteiger partial charge in [-0.05, 0) is 40.3 Å². The molecule has 0 fully saturated rings. The number of anilines is 1. The molecule has 1 heterocycles. The standard InChI is InChI=1S/C21H20FN5O/c1-2-27-21(24-25-26-27)23-13-18-17-9-5-3-7-15(17)11-12-20(18)28-14-16-8-4-6-10-19(16)22/h3-12H,2,13-14H2,1H3,(H,23,24,26). The number of halogens is 1. The number of nitrogens with one attached hydrogen (secondary N) is 1. The summed E-state index contributed by atoms with van der Waals surface area (Å²) < 4.78 is 21.6.